The normalized spacial score (nSPS) is 10.9. The number of halogens is 2. The Morgan fingerprint density at radius 1 is 1.17 bits per heavy atom. The minimum atomic E-state index is 0. The zero-order valence-corrected chi connectivity index (χ0v) is 19.3. The number of methoxy groups -OCH3 is 1. The van der Waals surface area contributed by atoms with Gasteiger partial charge in [0.05, 0.1) is 20.2 Å². The lowest BCUT2D eigenvalue weighted by atomic mass is 10.2. The number of hydrogen-bond donors (Lipinski definition) is 2. The van der Waals surface area contributed by atoms with Crippen LogP contribution in [0.25, 0.3) is 11.4 Å². The molecular formula is C20H23ClIN5O2. The summed E-state index contributed by atoms with van der Waals surface area (Å²) >= 11 is 6.01. The molecule has 29 heavy (non-hydrogen) atoms. The van der Waals surface area contributed by atoms with Gasteiger partial charge in [0.1, 0.15) is 5.75 Å². The van der Waals surface area contributed by atoms with E-state index in [-0.39, 0.29) is 24.0 Å². The van der Waals surface area contributed by atoms with Gasteiger partial charge >= 0.3 is 0 Å². The van der Waals surface area contributed by atoms with Gasteiger partial charge in [-0.2, -0.15) is 4.98 Å². The molecule has 7 nitrogen and oxygen atoms in total. The third kappa shape index (κ3) is 6.60. The fraction of sp³-hybridized carbons (Fsp3) is 0.250. The Kier molecular flexibility index (Phi) is 9.20. The molecule has 0 unspecified atom stereocenters. The third-order valence-electron chi connectivity index (χ3n) is 3.90. The first-order valence-corrected chi connectivity index (χ1v) is 9.30. The number of aliphatic imine (C=N–C) groups is 1. The highest BCUT2D eigenvalue weighted by atomic mass is 127. The molecule has 9 heteroatoms. The summed E-state index contributed by atoms with van der Waals surface area (Å²) in [5, 5.41) is 11.0. The van der Waals surface area contributed by atoms with Crippen molar-refractivity contribution in [1.29, 1.82) is 0 Å². The van der Waals surface area contributed by atoms with Gasteiger partial charge in [-0.25, -0.2) is 4.99 Å². The van der Waals surface area contributed by atoms with E-state index in [0.29, 0.717) is 35.8 Å². The SMILES string of the molecule is CCNC(=NCc1ccccc1OC)NCc1nc(-c2cccc(Cl)c2)no1.I. The van der Waals surface area contributed by atoms with Gasteiger partial charge in [-0.3, -0.25) is 0 Å². The highest BCUT2D eigenvalue weighted by Crippen LogP contribution is 2.20. The van der Waals surface area contributed by atoms with Crippen LogP contribution in [-0.2, 0) is 13.1 Å². The van der Waals surface area contributed by atoms with Crippen molar-refractivity contribution in [2.75, 3.05) is 13.7 Å². The number of guanidine groups is 1. The molecule has 0 aliphatic carbocycles. The lowest BCUT2D eigenvalue weighted by Crippen LogP contribution is -2.36. The van der Waals surface area contributed by atoms with Gasteiger partial charge in [-0.15, -0.1) is 24.0 Å². The lowest BCUT2D eigenvalue weighted by Gasteiger charge is -2.10. The molecule has 0 saturated heterocycles. The van der Waals surface area contributed by atoms with Crippen molar-refractivity contribution in [2.24, 2.45) is 4.99 Å². The van der Waals surface area contributed by atoms with Crippen LogP contribution < -0.4 is 15.4 Å². The van der Waals surface area contributed by atoms with Gasteiger partial charge in [0.2, 0.25) is 11.7 Å². The van der Waals surface area contributed by atoms with Crippen LogP contribution in [0.2, 0.25) is 5.02 Å². The zero-order valence-electron chi connectivity index (χ0n) is 16.2. The van der Waals surface area contributed by atoms with E-state index in [1.54, 1.807) is 19.2 Å². The molecule has 3 aromatic rings. The molecule has 0 aliphatic rings. The fourth-order valence-electron chi connectivity index (χ4n) is 2.57. The maximum absolute atomic E-state index is 6.01. The zero-order chi connectivity index (χ0) is 19.8. The molecule has 0 spiro atoms. The van der Waals surface area contributed by atoms with Crippen molar-refractivity contribution in [3.05, 3.63) is 65.0 Å². The summed E-state index contributed by atoms with van der Waals surface area (Å²) in [7, 11) is 1.65. The van der Waals surface area contributed by atoms with Crippen molar-refractivity contribution >= 4 is 41.5 Å². The summed E-state index contributed by atoms with van der Waals surface area (Å²) in [4.78, 5) is 8.99. The second-order valence-corrected chi connectivity index (χ2v) is 6.32. The van der Waals surface area contributed by atoms with Crippen molar-refractivity contribution in [2.45, 2.75) is 20.0 Å². The maximum atomic E-state index is 6.01. The van der Waals surface area contributed by atoms with Crippen LogP contribution >= 0.6 is 35.6 Å². The van der Waals surface area contributed by atoms with Crippen LogP contribution in [0.1, 0.15) is 18.4 Å². The van der Waals surface area contributed by atoms with Gasteiger partial charge in [-0.05, 0) is 25.1 Å². The second kappa shape index (κ2) is 11.6. The number of rotatable bonds is 7. The Labute approximate surface area is 191 Å². The van der Waals surface area contributed by atoms with Crippen LogP contribution in [0.3, 0.4) is 0 Å². The summed E-state index contributed by atoms with van der Waals surface area (Å²) in [5.41, 5.74) is 1.81. The number of hydrogen-bond acceptors (Lipinski definition) is 5. The number of para-hydroxylation sites is 1. The van der Waals surface area contributed by atoms with E-state index < -0.39 is 0 Å². The Hall–Kier alpha value is -2.33. The molecule has 3 rings (SSSR count). The predicted octanol–water partition coefficient (Wildman–Crippen LogP) is 4.27. The van der Waals surface area contributed by atoms with E-state index in [1.165, 1.54) is 0 Å². The summed E-state index contributed by atoms with van der Waals surface area (Å²) < 4.78 is 10.7. The Balaban J connectivity index is 0.00000300. The molecule has 0 fully saturated rings. The highest BCUT2D eigenvalue weighted by molar-refractivity contribution is 14.0. The van der Waals surface area contributed by atoms with Crippen molar-refractivity contribution in [3.63, 3.8) is 0 Å². The van der Waals surface area contributed by atoms with E-state index in [2.05, 4.69) is 25.8 Å². The molecule has 0 aliphatic heterocycles. The number of ether oxygens (including phenoxy) is 1. The molecule has 1 heterocycles. The number of nitrogens with one attached hydrogen (secondary N) is 2. The molecule has 2 aromatic carbocycles. The van der Waals surface area contributed by atoms with E-state index >= 15 is 0 Å². The lowest BCUT2D eigenvalue weighted by molar-refractivity contribution is 0.375. The highest BCUT2D eigenvalue weighted by Gasteiger charge is 2.10. The van der Waals surface area contributed by atoms with E-state index in [4.69, 9.17) is 20.9 Å². The Morgan fingerprint density at radius 2 is 2.00 bits per heavy atom. The monoisotopic (exact) mass is 527 g/mol. The minimum Gasteiger partial charge on any atom is -0.496 e. The smallest absolute Gasteiger partial charge is 0.246 e. The van der Waals surface area contributed by atoms with Crippen molar-refractivity contribution < 1.29 is 9.26 Å². The molecule has 0 radical (unpaired) electrons. The molecule has 154 valence electrons. The van der Waals surface area contributed by atoms with Crippen LogP contribution in [0.5, 0.6) is 5.75 Å². The van der Waals surface area contributed by atoms with Crippen LogP contribution in [-0.4, -0.2) is 29.8 Å². The molecule has 0 bridgehead atoms. The molecular weight excluding hydrogens is 505 g/mol. The summed E-state index contributed by atoms with van der Waals surface area (Å²) in [5.74, 6) is 2.41. The van der Waals surface area contributed by atoms with Gasteiger partial charge in [0.15, 0.2) is 5.96 Å². The summed E-state index contributed by atoms with van der Waals surface area (Å²) in [6.45, 7) is 3.57. The van der Waals surface area contributed by atoms with E-state index in [1.807, 2.05) is 43.3 Å². The topological polar surface area (TPSA) is 84.6 Å². The molecule has 1 aromatic heterocycles. The Bertz CT molecular complexity index is 948. The van der Waals surface area contributed by atoms with Gasteiger partial charge in [-0.1, -0.05) is 47.1 Å². The van der Waals surface area contributed by atoms with Crippen LogP contribution in [0.15, 0.2) is 58.0 Å². The second-order valence-electron chi connectivity index (χ2n) is 5.88. The maximum Gasteiger partial charge on any atom is 0.246 e. The van der Waals surface area contributed by atoms with E-state index in [0.717, 1.165) is 23.4 Å². The standard InChI is InChI=1S/C20H22ClN5O2.HI/c1-3-22-20(23-12-15-7-4-5-10-17(15)27-2)24-13-18-25-19(26-28-18)14-8-6-9-16(21)11-14;/h4-11H,3,12-13H2,1-2H3,(H2,22,23,24);1H. The van der Waals surface area contributed by atoms with Gasteiger partial charge in [0.25, 0.3) is 0 Å². The molecule has 0 atom stereocenters. The number of nitrogens with zero attached hydrogens (tertiary/aromatic N) is 3. The van der Waals surface area contributed by atoms with Gasteiger partial charge < -0.3 is 19.9 Å². The fourth-order valence-corrected chi connectivity index (χ4v) is 2.76. The first-order valence-electron chi connectivity index (χ1n) is 8.92. The van der Waals surface area contributed by atoms with Crippen molar-refractivity contribution in [3.8, 4) is 17.1 Å². The number of aromatic nitrogens is 2. The average molecular weight is 528 g/mol. The quantitative estimate of drug-likeness (QED) is 0.271. The van der Waals surface area contributed by atoms with E-state index in [9.17, 15) is 0 Å². The molecule has 2 N–H and O–H groups in total. The van der Waals surface area contributed by atoms with Crippen LogP contribution in [0.4, 0.5) is 0 Å². The summed E-state index contributed by atoms with van der Waals surface area (Å²) in [6.07, 6.45) is 0. The molecule has 0 amide bonds. The third-order valence-corrected chi connectivity index (χ3v) is 4.14. The van der Waals surface area contributed by atoms with Crippen molar-refractivity contribution in [1.82, 2.24) is 20.8 Å². The first-order chi connectivity index (χ1) is 13.7. The van der Waals surface area contributed by atoms with Crippen LogP contribution in [0, 0.1) is 0 Å². The molecule has 0 saturated carbocycles. The first kappa shape index (κ1) is 23.0. The average Bonchev–Trinajstić information content (AvgIpc) is 3.19. The minimum absolute atomic E-state index is 0. The Morgan fingerprint density at radius 3 is 2.76 bits per heavy atom. The largest absolute Gasteiger partial charge is 0.496 e. The van der Waals surface area contributed by atoms with Gasteiger partial charge in [0, 0.05) is 22.7 Å². The summed E-state index contributed by atoms with van der Waals surface area (Å²) in [6, 6.07) is 15.1. The number of benzene rings is 2. The predicted molar refractivity (Wildman–Crippen MR) is 125 cm³/mol.